The predicted octanol–water partition coefficient (Wildman–Crippen LogP) is 4.88. The number of anilines is 1. The van der Waals surface area contributed by atoms with Gasteiger partial charge in [0.25, 0.3) is 0 Å². The summed E-state index contributed by atoms with van der Waals surface area (Å²) < 4.78 is 7.53. The Morgan fingerprint density at radius 2 is 1.57 bits per heavy atom. The molecular formula is C23H18N2O3. The number of aldehydes is 1. The summed E-state index contributed by atoms with van der Waals surface area (Å²) in [5, 5.41) is 3.71. The van der Waals surface area contributed by atoms with Gasteiger partial charge in [0.05, 0.1) is 0 Å². The molecule has 0 bridgehead atoms. The average Bonchev–Trinajstić information content (AvgIpc) is 3.08. The summed E-state index contributed by atoms with van der Waals surface area (Å²) in [6.45, 7) is 0.122. The highest BCUT2D eigenvalue weighted by atomic mass is 16.5. The van der Waals surface area contributed by atoms with Crippen LogP contribution in [0.1, 0.15) is 10.4 Å². The highest BCUT2D eigenvalue weighted by Crippen LogP contribution is 2.23. The summed E-state index contributed by atoms with van der Waals surface area (Å²) >= 11 is 0. The fourth-order valence-corrected chi connectivity index (χ4v) is 3.09. The van der Waals surface area contributed by atoms with Crippen molar-refractivity contribution < 1.29 is 14.3 Å². The van der Waals surface area contributed by atoms with Gasteiger partial charge < -0.3 is 14.6 Å². The molecule has 0 aliphatic rings. The number of nitrogens with zero attached hydrogens (tertiary/aromatic N) is 1. The maximum absolute atomic E-state index is 12.4. The van der Waals surface area contributed by atoms with Crippen molar-refractivity contribution >= 4 is 28.8 Å². The van der Waals surface area contributed by atoms with E-state index in [1.54, 1.807) is 35.0 Å². The van der Waals surface area contributed by atoms with Gasteiger partial charge in [-0.05, 0) is 42.5 Å². The number of hydrogen-bond donors (Lipinski definition) is 1. The first-order chi connectivity index (χ1) is 13.7. The minimum atomic E-state index is -0.171. The Morgan fingerprint density at radius 3 is 2.32 bits per heavy atom. The number of nitrogens with one attached hydrogen (secondary N) is 1. The van der Waals surface area contributed by atoms with E-state index in [0.29, 0.717) is 17.0 Å². The van der Waals surface area contributed by atoms with Crippen molar-refractivity contribution in [3.05, 3.63) is 90.6 Å². The van der Waals surface area contributed by atoms with Crippen molar-refractivity contribution in [3.63, 3.8) is 0 Å². The van der Waals surface area contributed by atoms with Gasteiger partial charge in [-0.25, -0.2) is 0 Å². The lowest BCUT2D eigenvalue weighted by Crippen LogP contribution is -2.18. The topological polar surface area (TPSA) is 60.3 Å². The van der Waals surface area contributed by atoms with E-state index in [-0.39, 0.29) is 12.5 Å². The highest BCUT2D eigenvalue weighted by molar-refractivity contribution is 5.99. The van der Waals surface area contributed by atoms with Gasteiger partial charge >= 0.3 is 0 Å². The first-order valence-corrected chi connectivity index (χ1v) is 8.89. The molecule has 1 N–H and O–H groups in total. The number of fused-ring (bicyclic) bond motifs is 1. The van der Waals surface area contributed by atoms with E-state index in [1.165, 1.54) is 0 Å². The maximum Gasteiger partial charge on any atom is 0.244 e. The molecule has 0 saturated heterocycles. The SMILES string of the molecule is O=Cc1cn(CC(=O)Nc2ccc(Oc3ccccc3)cc2)c2ccccc12. The van der Waals surface area contributed by atoms with Gasteiger partial charge in [0.1, 0.15) is 18.0 Å². The number of benzene rings is 3. The fraction of sp³-hybridized carbons (Fsp3) is 0.0435. The van der Waals surface area contributed by atoms with Gasteiger partial charge in [-0.1, -0.05) is 36.4 Å². The van der Waals surface area contributed by atoms with Crippen LogP contribution in [0.25, 0.3) is 10.9 Å². The molecule has 28 heavy (non-hydrogen) atoms. The van der Waals surface area contributed by atoms with E-state index in [4.69, 9.17) is 4.74 Å². The molecule has 0 unspecified atom stereocenters. The number of amides is 1. The summed E-state index contributed by atoms with van der Waals surface area (Å²) in [6.07, 6.45) is 2.51. The lowest BCUT2D eigenvalue weighted by Gasteiger charge is -2.09. The van der Waals surface area contributed by atoms with Crippen LogP contribution in [0, 0.1) is 0 Å². The molecule has 138 valence electrons. The Bertz CT molecular complexity index is 1120. The maximum atomic E-state index is 12.4. The van der Waals surface area contributed by atoms with Gasteiger partial charge in [0.2, 0.25) is 5.91 Å². The molecule has 0 aliphatic heterocycles. The van der Waals surface area contributed by atoms with E-state index in [2.05, 4.69) is 5.32 Å². The molecule has 0 saturated carbocycles. The van der Waals surface area contributed by atoms with Crippen LogP contribution in [0.3, 0.4) is 0 Å². The van der Waals surface area contributed by atoms with E-state index < -0.39 is 0 Å². The predicted molar refractivity (Wildman–Crippen MR) is 109 cm³/mol. The first-order valence-electron chi connectivity index (χ1n) is 8.89. The largest absolute Gasteiger partial charge is 0.457 e. The third-order valence-corrected chi connectivity index (χ3v) is 4.38. The standard InChI is InChI=1S/C23H18N2O3/c26-16-17-14-25(22-9-5-4-8-21(17)22)15-23(27)24-18-10-12-20(13-11-18)28-19-6-2-1-3-7-19/h1-14,16H,15H2,(H,24,27). The minimum absolute atomic E-state index is 0.122. The van der Waals surface area contributed by atoms with E-state index >= 15 is 0 Å². The second kappa shape index (κ2) is 7.80. The third kappa shape index (κ3) is 3.78. The molecule has 1 amide bonds. The van der Waals surface area contributed by atoms with Crippen LogP contribution in [0.15, 0.2) is 85.1 Å². The number of para-hydroxylation sites is 2. The van der Waals surface area contributed by atoms with Crippen LogP contribution in [0.4, 0.5) is 5.69 Å². The summed E-state index contributed by atoms with van der Waals surface area (Å²) in [6, 6.07) is 24.2. The summed E-state index contributed by atoms with van der Waals surface area (Å²) in [5.74, 6) is 1.27. The van der Waals surface area contributed by atoms with Gasteiger partial charge in [-0.2, -0.15) is 0 Å². The number of hydrogen-bond acceptors (Lipinski definition) is 3. The zero-order valence-corrected chi connectivity index (χ0v) is 15.0. The summed E-state index contributed by atoms with van der Waals surface area (Å²) in [5.41, 5.74) is 2.11. The zero-order valence-electron chi connectivity index (χ0n) is 15.0. The van der Waals surface area contributed by atoms with Crippen molar-refractivity contribution in [3.8, 4) is 11.5 Å². The van der Waals surface area contributed by atoms with Crippen LogP contribution in [0.2, 0.25) is 0 Å². The van der Waals surface area contributed by atoms with Gasteiger partial charge in [-0.3, -0.25) is 9.59 Å². The molecule has 5 heteroatoms. The fourth-order valence-electron chi connectivity index (χ4n) is 3.09. The van der Waals surface area contributed by atoms with Gasteiger partial charge in [0.15, 0.2) is 6.29 Å². The van der Waals surface area contributed by atoms with Crippen LogP contribution in [0.5, 0.6) is 11.5 Å². The lowest BCUT2D eigenvalue weighted by atomic mass is 10.2. The quantitative estimate of drug-likeness (QED) is 0.492. The summed E-state index contributed by atoms with van der Waals surface area (Å²) in [7, 11) is 0. The Balaban J connectivity index is 1.43. The zero-order chi connectivity index (χ0) is 19.3. The van der Waals surface area contributed by atoms with Crippen molar-refractivity contribution in [2.75, 3.05) is 5.32 Å². The third-order valence-electron chi connectivity index (χ3n) is 4.38. The molecule has 0 atom stereocenters. The van der Waals surface area contributed by atoms with Gasteiger partial charge in [0, 0.05) is 28.4 Å². The van der Waals surface area contributed by atoms with Crippen molar-refractivity contribution in [2.45, 2.75) is 6.54 Å². The molecule has 0 aliphatic carbocycles. The Morgan fingerprint density at radius 1 is 0.893 bits per heavy atom. The first kappa shape index (κ1) is 17.5. The van der Waals surface area contributed by atoms with Crippen LogP contribution in [-0.2, 0) is 11.3 Å². The monoisotopic (exact) mass is 370 g/mol. The number of rotatable bonds is 6. The van der Waals surface area contributed by atoms with Crippen LogP contribution in [-0.4, -0.2) is 16.8 Å². The number of ether oxygens (including phenoxy) is 1. The molecule has 1 aromatic heterocycles. The number of carbonyl (C=O) groups is 2. The number of carbonyl (C=O) groups excluding carboxylic acids is 2. The van der Waals surface area contributed by atoms with Crippen LogP contribution >= 0.6 is 0 Å². The molecule has 4 rings (SSSR count). The van der Waals surface area contributed by atoms with E-state index in [1.807, 2.05) is 54.6 Å². The molecular weight excluding hydrogens is 352 g/mol. The molecule has 3 aromatic carbocycles. The molecule has 0 spiro atoms. The molecule has 4 aromatic rings. The average molecular weight is 370 g/mol. The summed E-state index contributed by atoms with van der Waals surface area (Å²) in [4.78, 5) is 23.7. The number of aromatic nitrogens is 1. The lowest BCUT2D eigenvalue weighted by molar-refractivity contribution is -0.116. The van der Waals surface area contributed by atoms with Crippen molar-refractivity contribution in [1.29, 1.82) is 0 Å². The minimum Gasteiger partial charge on any atom is -0.457 e. The Kier molecular flexibility index (Phi) is 4.89. The Hall–Kier alpha value is -3.86. The molecule has 1 heterocycles. The molecule has 5 nitrogen and oxygen atoms in total. The smallest absolute Gasteiger partial charge is 0.244 e. The second-order valence-corrected chi connectivity index (χ2v) is 6.34. The highest BCUT2D eigenvalue weighted by Gasteiger charge is 2.10. The van der Waals surface area contributed by atoms with Gasteiger partial charge in [-0.15, -0.1) is 0 Å². The van der Waals surface area contributed by atoms with Crippen molar-refractivity contribution in [2.24, 2.45) is 0 Å². The normalized spacial score (nSPS) is 10.6. The Labute approximate surface area is 162 Å². The van der Waals surface area contributed by atoms with Crippen LogP contribution < -0.4 is 10.1 Å². The van der Waals surface area contributed by atoms with E-state index in [0.717, 1.165) is 22.9 Å². The molecule has 0 radical (unpaired) electrons. The molecule has 0 fully saturated rings. The van der Waals surface area contributed by atoms with Crippen molar-refractivity contribution in [1.82, 2.24) is 4.57 Å². The van der Waals surface area contributed by atoms with E-state index in [9.17, 15) is 9.59 Å². The second-order valence-electron chi connectivity index (χ2n) is 6.34.